The molecular weight excluding hydrogens is 318 g/mol. The van der Waals surface area contributed by atoms with Crippen molar-refractivity contribution < 1.29 is 14.1 Å². The zero-order chi connectivity index (χ0) is 18.4. The van der Waals surface area contributed by atoms with Gasteiger partial charge in [0, 0.05) is 24.9 Å². The third-order valence-corrected chi connectivity index (χ3v) is 5.49. The van der Waals surface area contributed by atoms with Crippen LogP contribution < -0.4 is 0 Å². The Morgan fingerprint density at radius 2 is 1.84 bits per heavy atom. The number of piperidine rings is 1. The van der Waals surface area contributed by atoms with E-state index in [1.54, 1.807) is 0 Å². The van der Waals surface area contributed by atoms with Crippen LogP contribution in [0.3, 0.4) is 0 Å². The lowest BCUT2D eigenvalue weighted by molar-refractivity contribution is -0.135. The first-order valence-electron chi connectivity index (χ1n) is 9.41. The van der Waals surface area contributed by atoms with Gasteiger partial charge in [0.2, 0.25) is 11.8 Å². The molecule has 0 aromatic carbocycles. The highest BCUT2D eigenvalue weighted by atomic mass is 16.5. The standard InChI is InChI=1S/C19H31N3O3/c1-12(2)17(23)22-9-7-13(8-10-22)16-20-15(21-24-16)14-11-18(3,4)25-19(14,5)6/h12-14H,7-11H2,1-6H3. The molecular formula is C19H31N3O3. The second-order valence-electron chi connectivity index (χ2n) is 8.97. The zero-order valence-corrected chi connectivity index (χ0v) is 16.3. The van der Waals surface area contributed by atoms with Gasteiger partial charge < -0.3 is 14.2 Å². The van der Waals surface area contributed by atoms with Gasteiger partial charge in [-0.25, -0.2) is 0 Å². The molecule has 0 spiro atoms. The molecule has 3 heterocycles. The number of amides is 1. The normalized spacial score (nSPS) is 26.4. The largest absolute Gasteiger partial charge is 0.369 e. The van der Waals surface area contributed by atoms with Gasteiger partial charge >= 0.3 is 0 Å². The van der Waals surface area contributed by atoms with E-state index >= 15 is 0 Å². The summed E-state index contributed by atoms with van der Waals surface area (Å²) in [7, 11) is 0. The van der Waals surface area contributed by atoms with Gasteiger partial charge in [0.15, 0.2) is 5.82 Å². The molecule has 25 heavy (non-hydrogen) atoms. The number of carbonyl (C=O) groups excluding carboxylic acids is 1. The molecule has 3 rings (SSSR count). The molecule has 0 radical (unpaired) electrons. The Morgan fingerprint density at radius 1 is 1.20 bits per heavy atom. The number of ether oxygens (including phenoxy) is 1. The fraction of sp³-hybridized carbons (Fsp3) is 0.842. The minimum absolute atomic E-state index is 0.0551. The van der Waals surface area contributed by atoms with Crippen molar-refractivity contribution in [2.45, 2.75) is 83.8 Å². The van der Waals surface area contributed by atoms with Gasteiger partial charge in [0.25, 0.3) is 0 Å². The number of hydrogen-bond donors (Lipinski definition) is 0. The monoisotopic (exact) mass is 349 g/mol. The van der Waals surface area contributed by atoms with Crippen LogP contribution in [0.1, 0.15) is 84.4 Å². The van der Waals surface area contributed by atoms with Crippen molar-refractivity contribution in [2.24, 2.45) is 5.92 Å². The van der Waals surface area contributed by atoms with Gasteiger partial charge in [-0.1, -0.05) is 19.0 Å². The third kappa shape index (κ3) is 3.73. The van der Waals surface area contributed by atoms with Crippen LogP contribution in [0.5, 0.6) is 0 Å². The number of aromatic nitrogens is 2. The lowest BCUT2D eigenvalue weighted by Crippen LogP contribution is -2.40. The fourth-order valence-electron chi connectivity index (χ4n) is 4.23. The Bertz CT molecular complexity index is 628. The Morgan fingerprint density at radius 3 is 2.36 bits per heavy atom. The van der Waals surface area contributed by atoms with Gasteiger partial charge in [-0.15, -0.1) is 0 Å². The molecule has 1 amide bonds. The van der Waals surface area contributed by atoms with Crippen LogP contribution in [0, 0.1) is 5.92 Å². The summed E-state index contributed by atoms with van der Waals surface area (Å²) in [6.45, 7) is 13.8. The summed E-state index contributed by atoms with van der Waals surface area (Å²) < 4.78 is 11.8. The fourth-order valence-corrected chi connectivity index (χ4v) is 4.23. The van der Waals surface area contributed by atoms with Gasteiger partial charge in [0.05, 0.1) is 17.1 Å². The summed E-state index contributed by atoms with van der Waals surface area (Å²) in [6.07, 6.45) is 2.66. The summed E-state index contributed by atoms with van der Waals surface area (Å²) >= 11 is 0. The van der Waals surface area contributed by atoms with E-state index in [4.69, 9.17) is 14.2 Å². The van der Waals surface area contributed by atoms with Gasteiger partial charge in [-0.3, -0.25) is 4.79 Å². The lowest BCUT2D eigenvalue weighted by Gasteiger charge is -2.31. The van der Waals surface area contributed by atoms with Crippen molar-refractivity contribution in [3.8, 4) is 0 Å². The molecule has 6 heteroatoms. The van der Waals surface area contributed by atoms with E-state index in [0.29, 0.717) is 5.89 Å². The summed E-state index contributed by atoms with van der Waals surface area (Å²) in [4.78, 5) is 18.8. The van der Waals surface area contributed by atoms with E-state index < -0.39 is 0 Å². The van der Waals surface area contributed by atoms with Gasteiger partial charge in [-0.2, -0.15) is 4.98 Å². The van der Waals surface area contributed by atoms with E-state index in [0.717, 1.165) is 38.2 Å². The minimum atomic E-state index is -0.294. The second kappa shape index (κ2) is 6.38. The maximum absolute atomic E-state index is 12.1. The zero-order valence-electron chi connectivity index (χ0n) is 16.3. The Kier molecular flexibility index (Phi) is 4.69. The van der Waals surface area contributed by atoms with Gasteiger partial charge in [0.1, 0.15) is 0 Å². The van der Waals surface area contributed by atoms with E-state index in [1.807, 2.05) is 18.7 Å². The molecule has 1 aromatic rings. The average molecular weight is 349 g/mol. The number of likely N-dealkylation sites (tertiary alicyclic amines) is 1. The first kappa shape index (κ1) is 18.4. The predicted molar refractivity (Wildman–Crippen MR) is 94.3 cm³/mol. The molecule has 0 bridgehead atoms. The average Bonchev–Trinajstić information content (AvgIpc) is 3.08. The molecule has 0 N–H and O–H groups in total. The van der Waals surface area contributed by atoms with E-state index in [9.17, 15) is 4.79 Å². The predicted octanol–water partition coefficient (Wildman–Crippen LogP) is 3.49. The van der Waals surface area contributed by atoms with Crippen molar-refractivity contribution in [1.29, 1.82) is 0 Å². The first-order valence-corrected chi connectivity index (χ1v) is 9.41. The summed E-state index contributed by atoms with van der Waals surface area (Å²) in [5, 5.41) is 4.27. The first-order chi connectivity index (χ1) is 11.6. The molecule has 2 aliphatic heterocycles. The van der Waals surface area contributed by atoms with Crippen LogP contribution in [-0.4, -0.2) is 45.2 Å². The second-order valence-corrected chi connectivity index (χ2v) is 8.97. The van der Waals surface area contributed by atoms with Crippen molar-refractivity contribution in [2.75, 3.05) is 13.1 Å². The Hall–Kier alpha value is -1.43. The van der Waals surface area contributed by atoms with Crippen LogP contribution >= 0.6 is 0 Å². The highest BCUT2D eigenvalue weighted by molar-refractivity contribution is 5.78. The van der Waals surface area contributed by atoms with Crippen LogP contribution in [0.4, 0.5) is 0 Å². The van der Waals surface area contributed by atoms with Crippen molar-refractivity contribution >= 4 is 5.91 Å². The van der Waals surface area contributed by atoms with Crippen LogP contribution in [0.2, 0.25) is 0 Å². The molecule has 1 atom stereocenters. The van der Waals surface area contributed by atoms with Crippen molar-refractivity contribution in [1.82, 2.24) is 15.0 Å². The van der Waals surface area contributed by atoms with E-state index in [1.165, 1.54) is 0 Å². The Labute approximate surface area is 150 Å². The summed E-state index contributed by atoms with van der Waals surface area (Å²) in [5.74, 6) is 2.15. The quantitative estimate of drug-likeness (QED) is 0.835. The number of nitrogens with zero attached hydrogens (tertiary/aromatic N) is 3. The number of hydrogen-bond acceptors (Lipinski definition) is 5. The van der Waals surface area contributed by atoms with Crippen molar-refractivity contribution in [3.05, 3.63) is 11.7 Å². The van der Waals surface area contributed by atoms with E-state index in [-0.39, 0.29) is 34.9 Å². The number of carbonyl (C=O) groups is 1. The molecule has 6 nitrogen and oxygen atoms in total. The molecule has 0 aliphatic carbocycles. The van der Waals surface area contributed by atoms with Crippen LogP contribution in [0.15, 0.2) is 4.52 Å². The highest BCUT2D eigenvalue weighted by Crippen LogP contribution is 2.47. The molecule has 2 aliphatic rings. The third-order valence-electron chi connectivity index (χ3n) is 5.49. The van der Waals surface area contributed by atoms with Crippen molar-refractivity contribution in [3.63, 3.8) is 0 Å². The maximum atomic E-state index is 12.1. The molecule has 0 saturated carbocycles. The minimum Gasteiger partial charge on any atom is -0.369 e. The molecule has 140 valence electrons. The smallest absolute Gasteiger partial charge is 0.229 e. The van der Waals surface area contributed by atoms with Crippen LogP contribution in [0.25, 0.3) is 0 Å². The highest BCUT2D eigenvalue weighted by Gasteiger charge is 2.48. The molecule has 1 unspecified atom stereocenters. The maximum Gasteiger partial charge on any atom is 0.229 e. The number of rotatable bonds is 3. The lowest BCUT2D eigenvalue weighted by atomic mass is 9.87. The van der Waals surface area contributed by atoms with E-state index in [2.05, 4.69) is 32.9 Å². The Balaban J connectivity index is 1.66. The topological polar surface area (TPSA) is 68.5 Å². The summed E-state index contributed by atoms with van der Waals surface area (Å²) in [5.41, 5.74) is -0.463. The molecule has 1 aromatic heterocycles. The SMILES string of the molecule is CC(C)C(=O)N1CCC(c2nc(C3CC(C)(C)OC3(C)C)no2)CC1. The van der Waals surface area contributed by atoms with Gasteiger partial charge in [-0.05, 0) is 47.0 Å². The molecule has 2 saturated heterocycles. The van der Waals surface area contributed by atoms with Crippen LogP contribution in [-0.2, 0) is 9.53 Å². The summed E-state index contributed by atoms with van der Waals surface area (Å²) in [6, 6.07) is 0. The molecule has 2 fully saturated rings.